The van der Waals surface area contributed by atoms with E-state index in [1.165, 1.54) is 12.1 Å². The monoisotopic (exact) mass is 325 g/mol. The van der Waals surface area contributed by atoms with Crippen molar-refractivity contribution >= 4 is 35.1 Å². The molecular formula is C12H11Cl2F2NO3. The maximum Gasteiger partial charge on any atom is 0.326 e. The SMILES string of the molecule is O=C(Cc1c(Cl)cccc1Cl)NC(CC(F)F)C(=O)O. The predicted octanol–water partition coefficient (Wildman–Crippen LogP) is 2.76. The van der Waals surface area contributed by atoms with Crippen molar-refractivity contribution in [3.8, 4) is 0 Å². The molecule has 1 aromatic rings. The first-order valence-electron chi connectivity index (χ1n) is 5.54. The maximum atomic E-state index is 12.2. The zero-order valence-corrected chi connectivity index (χ0v) is 11.6. The van der Waals surface area contributed by atoms with Crippen molar-refractivity contribution in [3.63, 3.8) is 0 Å². The molecule has 0 aromatic heterocycles. The molecule has 0 saturated heterocycles. The molecule has 1 aromatic carbocycles. The van der Waals surface area contributed by atoms with E-state index in [0.717, 1.165) is 0 Å². The Balaban J connectivity index is 2.73. The van der Waals surface area contributed by atoms with E-state index in [1.807, 2.05) is 5.32 Å². The molecule has 1 atom stereocenters. The second kappa shape index (κ2) is 7.40. The van der Waals surface area contributed by atoms with Gasteiger partial charge in [0.15, 0.2) is 0 Å². The number of hydrogen-bond donors (Lipinski definition) is 2. The number of rotatable bonds is 6. The summed E-state index contributed by atoms with van der Waals surface area (Å²) in [4.78, 5) is 22.4. The van der Waals surface area contributed by atoms with E-state index >= 15 is 0 Å². The third-order valence-electron chi connectivity index (χ3n) is 2.45. The topological polar surface area (TPSA) is 66.4 Å². The number of nitrogens with one attached hydrogen (secondary N) is 1. The van der Waals surface area contributed by atoms with Crippen LogP contribution in [0.15, 0.2) is 18.2 Å². The van der Waals surface area contributed by atoms with Gasteiger partial charge in [-0.15, -0.1) is 0 Å². The fourth-order valence-corrected chi connectivity index (χ4v) is 2.04. The van der Waals surface area contributed by atoms with E-state index in [-0.39, 0.29) is 16.5 Å². The van der Waals surface area contributed by atoms with Gasteiger partial charge in [0.2, 0.25) is 12.3 Å². The molecule has 0 fully saturated rings. The summed E-state index contributed by atoms with van der Waals surface area (Å²) in [5, 5.41) is 11.2. The van der Waals surface area contributed by atoms with Gasteiger partial charge in [-0.3, -0.25) is 4.79 Å². The molecule has 1 amide bonds. The molecule has 2 N–H and O–H groups in total. The molecule has 4 nitrogen and oxygen atoms in total. The summed E-state index contributed by atoms with van der Waals surface area (Å²) in [6, 6.07) is 2.97. The highest BCUT2D eigenvalue weighted by atomic mass is 35.5. The van der Waals surface area contributed by atoms with Gasteiger partial charge in [-0.1, -0.05) is 29.3 Å². The maximum absolute atomic E-state index is 12.2. The number of halogens is 4. The largest absolute Gasteiger partial charge is 0.480 e. The molecule has 0 radical (unpaired) electrons. The minimum atomic E-state index is -2.83. The summed E-state index contributed by atoms with van der Waals surface area (Å²) in [6.07, 6.45) is -4.08. The van der Waals surface area contributed by atoms with Gasteiger partial charge >= 0.3 is 5.97 Å². The highest BCUT2D eigenvalue weighted by Gasteiger charge is 2.24. The Labute approximate surface area is 123 Å². The van der Waals surface area contributed by atoms with Gasteiger partial charge < -0.3 is 10.4 Å². The fourth-order valence-electron chi connectivity index (χ4n) is 1.51. The molecule has 0 heterocycles. The van der Waals surface area contributed by atoms with Crippen LogP contribution in [0.2, 0.25) is 10.0 Å². The summed E-state index contributed by atoms with van der Waals surface area (Å²) in [5.74, 6) is -2.27. The van der Waals surface area contributed by atoms with Gasteiger partial charge in [-0.2, -0.15) is 0 Å². The summed E-state index contributed by atoms with van der Waals surface area (Å²) in [6.45, 7) is 0. The lowest BCUT2D eigenvalue weighted by Crippen LogP contribution is -2.42. The van der Waals surface area contributed by atoms with E-state index < -0.39 is 30.8 Å². The summed E-state index contributed by atoms with van der Waals surface area (Å²) < 4.78 is 24.4. The van der Waals surface area contributed by atoms with Gasteiger partial charge in [-0.25, -0.2) is 13.6 Å². The molecule has 0 aliphatic carbocycles. The highest BCUT2D eigenvalue weighted by molar-refractivity contribution is 6.36. The molecule has 0 spiro atoms. The van der Waals surface area contributed by atoms with Crippen molar-refractivity contribution in [3.05, 3.63) is 33.8 Å². The molecule has 0 bridgehead atoms. The van der Waals surface area contributed by atoms with E-state index in [9.17, 15) is 18.4 Å². The number of carbonyl (C=O) groups excluding carboxylic acids is 1. The van der Waals surface area contributed by atoms with Crippen LogP contribution < -0.4 is 5.32 Å². The van der Waals surface area contributed by atoms with Crippen LogP contribution in [0.4, 0.5) is 8.78 Å². The van der Waals surface area contributed by atoms with E-state index in [1.54, 1.807) is 6.07 Å². The molecule has 0 aliphatic heterocycles. The van der Waals surface area contributed by atoms with Crippen LogP contribution >= 0.6 is 23.2 Å². The molecular weight excluding hydrogens is 315 g/mol. The van der Waals surface area contributed by atoms with Gasteiger partial charge in [0.25, 0.3) is 0 Å². The quantitative estimate of drug-likeness (QED) is 0.845. The Kier molecular flexibility index (Phi) is 6.16. The zero-order valence-electron chi connectivity index (χ0n) is 10.1. The average molecular weight is 326 g/mol. The van der Waals surface area contributed by atoms with Crippen LogP contribution in [0.25, 0.3) is 0 Å². The van der Waals surface area contributed by atoms with Crippen LogP contribution in [-0.2, 0) is 16.0 Å². The van der Waals surface area contributed by atoms with Crippen molar-refractivity contribution in [1.29, 1.82) is 0 Å². The van der Waals surface area contributed by atoms with Crippen molar-refractivity contribution in [1.82, 2.24) is 5.32 Å². The number of amides is 1. The van der Waals surface area contributed by atoms with E-state index in [2.05, 4.69) is 0 Å². The lowest BCUT2D eigenvalue weighted by Gasteiger charge is -2.14. The number of benzene rings is 1. The first-order valence-corrected chi connectivity index (χ1v) is 6.30. The standard InChI is InChI=1S/C12H11Cl2F2NO3/c13-7-2-1-3-8(14)6(7)4-11(18)17-9(12(19)20)5-10(15)16/h1-3,9-10H,4-5H2,(H,17,18)(H,19,20). The number of alkyl halides is 2. The summed E-state index contributed by atoms with van der Waals surface area (Å²) in [7, 11) is 0. The number of carbonyl (C=O) groups is 2. The second-order valence-corrected chi connectivity index (χ2v) is 4.78. The summed E-state index contributed by atoms with van der Waals surface area (Å²) >= 11 is 11.7. The van der Waals surface area contributed by atoms with Crippen molar-refractivity contribution in [2.24, 2.45) is 0 Å². The number of carboxylic acids is 1. The van der Waals surface area contributed by atoms with Crippen LogP contribution in [-0.4, -0.2) is 29.5 Å². The number of aliphatic carboxylic acids is 1. The Morgan fingerprint density at radius 1 is 1.25 bits per heavy atom. The molecule has 8 heteroatoms. The van der Waals surface area contributed by atoms with Crippen LogP contribution in [0.5, 0.6) is 0 Å². The smallest absolute Gasteiger partial charge is 0.326 e. The van der Waals surface area contributed by atoms with Gasteiger partial charge in [-0.05, 0) is 17.7 Å². The minimum absolute atomic E-state index is 0.244. The minimum Gasteiger partial charge on any atom is -0.480 e. The zero-order chi connectivity index (χ0) is 15.3. The highest BCUT2D eigenvalue weighted by Crippen LogP contribution is 2.24. The third-order valence-corrected chi connectivity index (χ3v) is 3.15. The second-order valence-electron chi connectivity index (χ2n) is 3.96. The average Bonchev–Trinajstić information content (AvgIpc) is 2.32. The molecule has 110 valence electrons. The first kappa shape index (κ1) is 16.7. The van der Waals surface area contributed by atoms with Crippen LogP contribution in [0.3, 0.4) is 0 Å². The normalized spacial score (nSPS) is 12.2. The van der Waals surface area contributed by atoms with Crippen LogP contribution in [0.1, 0.15) is 12.0 Å². The Morgan fingerprint density at radius 2 is 1.80 bits per heavy atom. The lowest BCUT2D eigenvalue weighted by atomic mass is 10.1. The van der Waals surface area contributed by atoms with Gasteiger partial charge in [0.1, 0.15) is 6.04 Å². The van der Waals surface area contributed by atoms with E-state index in [0.29, 0.717) is 5.56 Å². The van der Waals surface area contributed by atoms with Crippen molar-refractivity contribution < 1.29 is 23.5 Å². The molecule has 0 aliphatic rings. The molecule has 20 heavy (non-hydrogen) atoms. The Bertz CT molecular complexity index is 491. The van der Waals surface area contributed by atoms with Gasteiger partial charge in [0, 0.05) is 16.5 Å². The van der Waals surface area contributed by atoms with Crippen LogP contribution in [0, 0.1) is 0 Å². The molecule has 1 rings (SSSR count). The Hall–Kier alpha value is -1.40. The number of hydrogen-bond acceptors (Lipinski definition) is 2. The van der Waals surface area contributed by atoms with Gasteiger partial charge in [0.05, 0.1) is 6.42 Å². The predicted molar refractivity (Wildman–Crippen MR) is 70.4 cm³/mol. The van der Waals surface area contributed by atoms with Crippen molar-refractivity contribution in [2.75, 3.05) is 0 Å². The molecule has 0 saturated carbocycles. The fraction of sp³-hybridized carbons (Fsp3) is 0.333. The lowest BCUT2D eigenvalue weighted by molar-refractivity contribution is -0.142. The van der Waals surface area contributed by atoms with E-state index in [4.69, 9.17) is 28.3 Å². The number of carboxylic acid groups (broad SMARTS) is 1. The van der Waals surface area contributed by atoms with Crippen molar-refractivity contribution in [2.45, 2.75) is 25.3 Å². The first-order chi connectivity index (χ1) is 9.31. The Morgan fingerprint density at radius 3 is 2.25 bits per heavy atom. The molecule has 1 unspecified atom stereocenters. The summed E-state index contributed by atoms with van der Waals surface area (Å²) in [5.41, 5.74) is 0.314. The third kappa shape index (κ3) is 4.94.